The Bertz CT molecular complexity index is 159. The molecule has 1 N–H and O–H groups in total. The van der Waals surface area contributed by atoms with Crippen molar-refractivity contribution in [1.29, 1.82) is 5.26 Å². The zero-order valence-electron chi connectivity index (χ0n) is 8.09. The van der Waals surface area contributed by atoms with Crippen LogP contribution in [0.4, 0.5) is 0 Å². The molecule has 0 radical (unpaired) electrons. The standard InChI is InChI=1S/C10H18N2O/c11-5-1-2-7-13-8-4-10-3-6-12-9-10/h10,12H,1-4,6-9H2. The van der Waals surface area contributed by atoms with Crippen LogP contribution in [-0.4, -0.2) is 26.3 Å². The predicted molar refractivity (Wildman–Crippen MR) is 51.3 cm³/mol. The smallest absolute Gasteiger partial charge is 0.0622 e. The first-order valence-corrected chi connectivity index (χ1v) is 5.09. The average Bonchev–Trinajstić information content (AvgIpc) is 2.63. The van der Waals surface area contributed by atoms with Gasteiger partial charge in [-0.25, -0.2) is 0 Å². The van der Waals surface area contributed by atoms with Crippen molar-refractivity contribution in [2.75, 3.05) is 26.3 Å². The Labute approximate surface area is 80.1 Å². The van der Waals surface area contributed by atoms with Gasteiger partial charge in [-0.15, -0.1) is 0 Å². The summed E-state index contributed by atoms with van der Waals surface area (Å²) in [5.41, 5.74) is 0. The Hall–Kier alpha value is -0.590. The molecule has 3 nitrogen and oxygen atoms in total. The van der Waals surface area contributed by atoms with E-state index in [0.29, 0.717) is 6.42 Å². The summed E-state index contributed by atoms with van der Waals surface area (Å²) in [7, 11) is 0. The summed E-state index contributed by atoms with van der Waals surface area (Å²) in [6.07, 6.45) is 3.95. The van der Waals surface area contributed by atoms with E-state index < -0.39 is 0 Å². The van der Waals surface area contributed by atoms with Crippen molar-refractivity contribution < 1.29 is 4.74 Å². The van der Waals surface area contributed by atoms with E-state index in [1.165, 1.54) is 19.4 Å². The van der Waals surface area contributed by atoms with Crippen molar-refractivity contribution >= 4 is 0 Å². The first-order valence-electron chi connectivity index (χ1n) is 5.09. The lowest BCUT2D eigenvalue weighted by atomic mass is 10.1. The van der Waals surface area contributed by atoms with E-state index in [2.05, 4.69) is 11.4 Å². The second-order valence-electron chi connectivity index (χ2n) is 3.52. The van der Waals surface area contributed by atoms with Gasteiger partial charge in [-0.2, -0.15) is 5.26 Å². The van der Waals surface area contributed by atoms with Crippen LogP contribution in [0.25, 0.3) is 0 Å². The molecule has 1 atom stereocenters. The molecule has 13 heavy (non-hydrogen) atoms. The fourth-order valence-corrected chi connectivity index (χ4v) is 1.57. The summed E-state index contributed by atoms with van der Waals surface area (Å²) >= 11 is 0. The molecule has 74 valence electrons. The van der Waals surface area contributed by atoms with E-state index in [1.807, 2.05) is 0 Å². The molecule has 1 unspecified atom stereocenters. The summed E-state index contributed by atoms with van der Waals surface area (Å²) in [5, 5.41) is 11.6. The van der Waals surface area contributed by atoms with Crippen LogP contribution in [0.1, 0.15) is 25.7 Å². The maximum atomic E-state index is 8.28. The van der Waals surface area contributed by atoms with Crippen LogP contribution in [0.15, 0.2) is 0 Å². The molecule has 0 bridgehead atoms. The van der Waals surface area contributed by atoms with Crippen LogP contribution in [0, 0.1) is 17.2 Å². The molecule has 0 aromatic carbocycles. The van der Waals surface area contributed by atoms with E-state index in [1.54, 1.807) is 0 Å². The molecule has 1 heterocycles. The second-order valence-corrected chi connectivity index (χ2v) is 3.52. The summed E-state index contributed by atoms with van der Waals surface area (Å²) in [5.74, 6) is 0.816. The highest BCUT2D eigenvalue weighted by molar-refractivity contribution is 4.70. The van der Waals surface area contributed by atoms with Gasteiger partial charge in [-0.1, -0.05) is 0 Å². The number of nitrogens with zero attached hydrogens (tertiary/aromatic N) is 1. The van der Waals surface area contributed by atoms with Gasteiger partial charge in [0.05, 0.1) is 6.07 Å². The van der Waals surface area contributed by atoms with Gasteiger partial charge in [0.25, 0.3) is 0 Å². The molecule has 0 aromatic rings. The molecule has 0 aliphatic carbocycles. The number of nitrogens with one attached hydrogen (secondary N) is 1. The first-order chi connectivity index (χ1) is 6.43. The SMILES string of the molecule is N#CCCCOCCC1CCNC1. The molecule has 1 aliphatic heterocycles. The summed E-state index contributed by atoms with van der Waals surface area (Å²) in [6, 6.07) is 2.11. The Morgan fingerprint density at radius 3 is 3.08 bits per heavy atom. The Morgan fingerprint density at radius 2 is 2.38 bits per heavy atom. The molecule has 1 saturated heterocycles. The van der Waals surface area contributed by atoms with E-state index in [-0.39, 0.29) is 0 Å². The van der Waals surface area contributed by atoms with Crippen molar-refractivity contribution in [2.45, 2.75) is 25.7 Å². The molecule has 0 amide bonds. The third kappa shape index (κ3) is 4.87. The van der Waals surface area contributed by atoms with Crippen LogP contribution in [0.3, 0.4) is 0 Å². The fourth-order valence-electron chi connectivity index (χ4n) is 1.57. The van der Waals surface area contributed by atoms with Crippen LogP contribution in [0.5, 0.6) is 0 Å². The summed E-state index contributed by atoms with van der Waals surface area (Å²) < 4.78 is 5.42. The van der Waals surface area contributed by atoms with Gasteiger partial charge in [-0.3, -0.25) is 0 Å². The highest BCUT2D eigenvalue weighted by atomic mass is 16.5. The van der Waals surface area contributed by atoms with Crippen LogP contribution in [-0.2, 0) is 4.74 Å². The third-order valence-corrected chi connectivity index (χ3v) is 2.41. The molecule has 1 aliphatic rings. The quantitative estimate of drug-likeness (QED) is 0.630. The van der Waals surface area contributed by atoms with Gasteiger partial charge < -0.3 is 10.1 Å². The highest BCUT2D eigenvalue weighted by Gasteiger charge is 2.13. The minimum Gasteiger partial charge on any atom is -0.381 e. The fraction of sp³-hybridized carbons (Fsp3) is 0.900. The topological polar surface area (TPSA) is 45.0 Å². The van der Waals surface area contributed by atoms with E-state index in [0.717, 1.165) is 32.1 Å². The van der Waals surface area contributed by atoms with Crippen molar-refractivity contribution in [2.24, 2.45) is 5.92 Å². The number of nitriles is 1. The number of hydrogen-bond donors (Lipinski definition) is 1. The lowest BCUT2D eigenvalue weighted by molar-refractivity contribution is 0.120. The maximum absolute atomic E-state index is 8.28. The lowest BCUT2D eigenvalue weighted by Gasteiger charge is -2.07. The van der Waals surface area contributed by atoms with Gasteiger partial charge >= 0.3 is 0 Å². The van der Waals surface area contributed by atoms with Crippen molar-refractivity contribution in [3.8, 4) is 6.07 Å². The van der Waals surface area contributed by atoms with E-state index in [4.69, 9.17) is 10.00 Å². The molecule has 0 saturated carbocycles. The van der Waals surface area contributed by atoms with E-state index >= 15 is 0 Å². The van der Waals surface area contributed by atoms with Crippen molar-refractivity contribution in [1.82, 2.24) is 5.32 Å². The predicted octanol–water partition coefficient (Wildman–Crippen LogP) is 1.31. The van der Waals surface area contributed by atoms with Crippen LogP contribution in [0.2, 0.25) is 0 Å². The molecule has 1 rings (SSSR count). The Balaban J connectivity index is 1.81. The normalized spacial score (nSPS) is 21.6. The Morgan fingerprint density at radius 1 is 1.46 bits per heavy atom. The summed E-state index contributed by atoms with van der Waals surface area (Å²) in [6.45, 7) is 3.92. The highest BCUT2D eigenvalue weighted by Crippen LogP contribution is 2.11. The molecule has 0 spiro atoms. The zero-order chi connectivity index (χ0) is 9.36. The molecular weight excluding hydrogens is 164 g/mol. The zero-order valence-corrected chi connectivity index (χ0v) is 8.09. The molecule has 1 fully saturated rings. The van der Waals surface area contributed by atoms with Gasteiger partial charge in [0, 0.05) is 19.6 Å². The van der Waals surface area contributed by atoms with Crippen molar-refractivity contribution in [3.05, 3.63) is 0 Å². The van der Waals surface area contributed by atoms with Crippen molar-refractivity contribution in [3.63, 3.8) is 0 Å². The van der Waals surface area contributed by atoms with Gasteiger partial charge in [0.2, 0.25) is 0 Å². The Kier molecular flexibility index (Phi) is 5.55. The molecule has 3 heteroatoms. The molecule has 0 aromatic heterocycles. The van der Waals surface area contributed by atoms with Crippen LogP contribution < -0.4 is 5.32 Å². The van der Waals surface area contributed by atoms with Gasteiger partial charge in [0.15, 0.2) is 0 Å². The molecular formula is C10H18N2O. The van der Waals surface area contributed by atoms with E-state index in [9.17, 15) is 0 Å². The van der Waals surface area contributed by atoms with Gasteiger partial charge in [-0.05, 0) is 38.3 Å². The second kappa shape index (κ2) is 6.88. The minimum absolute atomic E-state index is 0.616. The van der Waals surface area contributed by atoms with Gasteiger partial charge in [0.1, 0.15) is 0 Å². The maximum Gasteiger partial charge on any atom is 0.0622 e. The number of rotatable bonds is 6. The van der Waals surface area contributed by atoms with Crippen LogP contribution >= 0.6 is 0 Å². The third-order valence-electron chi connectivity index (χ3n) is 2.41. The number of hydrogen-bond acceptors (Lipinski definition) is 3. The largest absolute Gasteiger partial charge is 0.381 e. The first kappa shape index (κ1) is 10.5. The minimum atomic E-state index is 0.616. The number of ether oxygens (including phenoxy) is 1. The average molecular weight is 182 g/mol. The lowest BCUT2D eigenvalue weighted by Crippen LogP contribution is -2.11. The number of unbranched alkanes of at least 4 members (excludes halogenated alkanes) is 1. The monoisotopic (exact) mass is 182 g/mol. The summed E-state index contributed by atoms with van der Waals surface area (Å²) in [4.78, 5) is 0.